The summed E-state index contributed by atoms with van der Waals surface area (Å²) in [6.07, 6.45) is 7.44. The highest BCUT2D eigenvalue weighted by Gasteiger charge is 2.36. The molecule has 0 N–H and O–H groups in total. The third-order valence-electron chi connectivity index (χ3n) is 5.83. The number of amides is 1. The lowest BCUT2D eigenvalue weighted by Crippen LogP contribution is -2.44. The molecule has 3 rings (SSSR count). The summed E-state index contributed by atoms with van der Waals surface area (Å²) >= 11 is 0. The maximum atomic E-state index is 13.1. The fraction of sp³-hybridized carbons (Fsp3) is 0.789. The van der Waals surface area contributed by atoms with Gasteiger partial charge >= 0.3 is 0 Å². The third-order valence-corrected chi connectivity index (χ3v) is 5.83. The van der Waals surface area contributed by atoms with Crippen molar-refractivity contribution >= 4 is 5.91 Å². The quantitative estimate of drug-likeness (QED) is 0.819. The van der Waals surface area contributed by atoms with E-state index in [1.165, 1.54) is 6.42 Å². The van der Waals surface area contributed by atoms with E-state index in [0.29, 0.717) is 17.7 Å². The number of piperidine rings is 1. The van der Waals surface area contributed by atoms with Crippen LogP contribution in [-0.4, -0.2) is 28.6 Å². The number of nitrogens with zero attached hydrogens (tertiary/aromatic N) is 2. The van der Waals surface area contributed by atoms with Gasteiger partial charge < -0.3 is 9.42 Å². The van der Waals surface area contributed by atoms with E-state index in [1.54, 1.807) is 0 Å². The van der Waals surface area contributed by atoms with E-state index in [1.807, 2.05) is 4.90 Å². The molecular formula is C19H30N2O2. The third kappa shape index (κ3) is 3.17. The van der Waals surface area contributed by atoms with Crippen LogP contribution in [0.15, 0.2) is 4.52 Å². The average Bonchev–Trinajstić information content (AvgIpc) is 2.96. The van der Waals surface area contributed by atoms with Crippen LogP contribution in [0.1, 0.15) is 81.6 Å². The minimum absolute atomic E-state index is 0.0936. The van der Waals surface area contributed by atoms with Crippen LogP contribution in [0.4, 0.5) is 0 Å². The minimum Gasteiger partial charge on any atom is -0.360 e. The molecule has 4 nitrogen and oxygen atoms in total. The van der Waals surface area contributed by atoms with Crippen molar-refractivity contribution in [3.8, 4) is 0 Å². The average molecular weight is 318 g/mol. The lowest BCUT2D eigenvalue weighted by molar-refractivity contribution is 0.0596. The molecule has 1 amide bonds. The Morgan fingerprint density at radius 3 is 2.78 bits per heavy atom. The Labute approximate surface area is 139 Å². The van der Waals surface area contributed by atoms with Crippen LogP contribution in [0.25, 0.3) is 0 Å². The van der Waals surface area contributed by atoms with Gasteiger partial charge in [0.25, 0.3) is 5.91 Å². The molecule has 1 aliphatic heterocycles. The van der Waals surface area contributed by atoms with Crippen molar-refractivity contribution in [2.24, 2.45) is 11.3 Å². The van der Waals surface area contributed by atoms with E-state index in [9.17, 15) is 4.79 Å². The summed E-state index contributed by atoms with van der Waals surface area (Å²) in [5.41, 5.74) is 1.93. The highest BCUT2D eigenvalue weighted by atomic mass is 16.5. The van der Waals surface area contributed by atoms with E-state index < -0.39 is 0 Å². The minimum atomic E-state index is 0.0936. The van der Waals surface area contributed by atoms with E-state index in [0.717, 1.165) is 56.4 Å². The summed E-state index contributed by atoms with van der Waals surface area (Å²) in [7, 11) is 0. The van der Waals surface area contributed by atoms with E-state index in [-0.39, 0.29) is 11.3 Å². The van der Waals surface area contributed by atoms with E-state index in [2.05, 4.69) is 32.9 Å². The number of rotatable bonds is 2. The molecule has 1 aromatic heterocycles. The van der Waals surface area contributed by atoms with Crippen molar-refractivity contribution in [1.82, 2.24) is 10.1 Å². The van der Waals surface area contributed by atoms with Gasteiger partial charge in [-0.25, -0.2) is 0 Å². The molecule has 128 valence electrons. The standard InChI is InChI=1S/C19H30N2O2/c1-5-14-8-6-7-11-21(14)18(22)17-15-12-13(19(2,3)4)9-10-16(15)23-20-17/h13-14H,5-12H2,1-4H3/t13-,14-/m0/s1. The Hall–Kier alpha value is -1.32. The molecule has 1 aromatic rings. The maximum absolute atomic E-state index is 13.1. The van der Waals surface area contributed by atoms with Gasteiger partial charge in [-0.1, -0.05) is 32.9 Å². The van der Waals surface area contributed by atoms with Crippen LogP contribution in [0, 0.1) is 11.3 Å². The molecule has 0 spiro atoms. The lowest BCUT2D eigenvalue weighted by Gasteiger charge is -2.36. The van der Waals surface area contributed by atoms with Crippen LogP contribution in [0.5, 0.6) is 0 Å². The first-order valence-electron chi connectivity index (χ1n) is 9.20. The molecule has 1 saturated heterocycles. The van der Waals surface area contributed by atoms with Crippen LogP contribution in [0.3, 0.4) is 0 Å². The van der Waals surface area contributed by atoms with Gasteiger partial charge in [0.15, 0.2) is 5.69 Å². The molecule has 0 saturated carbocycles. The largest absolute Gasteiger partial charge is 0.360 e. The zero-order valence-electron chi connectivity index (χ0n) is 15.0. The molecule has 23 heavy (non-hydrogen) atoms. The molecule has 2 atom stereocenters. The smallest absolute Gasteiger partial charge is 0.276 e. The highest BCUT2D eigenvalue weighted by molar-refractivity contribution is 5.94. The van der Waals surface area contributed by atoms with Crippen molar-refractivity contribution in [3.63, 3.8) is 0 Å². The predicted molar refractivity (Wildman–Crippen MR) is 90.4 cm³/mol. The van der Waals surface area contributed by atoms with E-state index >= 15 is 0 Å². The Morgan fingerprint density at radius 1 is 1.30 bits per heavy atom. The molecule has 0 bridgehead atoms. The first kappa shape index (κ1) is 16.5. The Balaban J connectivity index is 1.84. The monoisotopic (exact) mass is 318 g/mol. The van der Waals surface area contributed by atoms with Gasteiger partial charge in [0, 0.05) is 24.6 Å². The Kier molecular flexibility index (Phi) is 4.52. The summed E-state index contributed by atoms with van der Waals surface area (Å²) in [5, 5.41) is 4.19. The molecular weight excluding hydrogens is 288 g/mol. The van der Waals surface area contributed by atoms with Gasteiger partial charge in [-0.15, -0.1) is 0 Å². The molecule has 1 aliphatic carbocycles. The van der Waals surface area contributed by atoms with Crippen LogP contribution < -0.4 is 0 Å². The van der Waals surface area contributed by atoms with Crippen molar-refractivity contribution in [2.45, 2.75) is 78.7 Å². The summed E-state index contributed by atoms with van der Waals surface area (Å²) in [6, 6.07) is 0.366. The number of hydrogen-bond acceptors (Lipinski definition) is 3. The van der Waals surface area contributed by atoms with Crippen molar-refractivity contribution in [3.05, 3.63) is 17.0 Å². The number of likely N-dealkylation sites (tertiary alicyclic amines) is 1. The molecule has 2 heterocycles. The first-order valence-corrected chi connectivity index (χ1v) is 9.20. The number of carbonyl (C=O) groups is 1. The fourth-order valence-corrected chi connectivity index (χ4v) is 4.14. The van der Waals surface area contributed by atoms with Gasteiger partial charge in [0.05, 0.1) is 0 Å². The Bertz CT molecular complexity index is 570. The van der Waals surface area contributed by atoms with Crippen molar-refractivity contribution in [2.75, 3.05) is 6.54 Å². The van der Waals surface area contributed by atoms with Gasteiger partial charge in [-0.3, -0.25) is 4.79 Å². The van der Waals surface area contributed by atoms with Crippen LogP contribution in [-0.2, 0) is 12.8 Å². The number of aryl methyl sites for hydroxylation is 1. The predicted octanol–water partition coefficient (Wildman–Crippen LogP) is 4.23. The zero-order valence-corrected chi connectivity index (χ0v) is 15.0. The number of fused-ring (bicyclic) bond motifs is 1. The number of aromatic nitrogens is 1. The number of carbonyl (C=O) groups excluding carboxylic acids is 1. The first-order chi connectivity index (χ1) is 10.9. The summed E-state index contributed by atoms with van der Waals surface area (Å²) in [5.74, 6) is 1.62. The SMILES string of the molecule is CC[C@H]1CCCCN1C(=O)c1noc2c1C[C@@H](C(C)(C)C)CC2. The van der Waals surface area contributed by atoms with E-state index in [4.69, 9.17) is 4.52 Å². The molecule has 0 unspecified atom stereocenters. The normalized spacial score (nSPS) is 25.3. The van der Waals surface area contributed by atoms with Gasteiger partial charge in [0.1, 0.15) is 5.76 Å². The zero-order chi connectivity index (χ0) is 16.6. The van der Waals surface area contributed by atoms with Crippen LogP contribution in [0.2, 0.25) is 0 Å². The van der Waals surface area contributed by atoms with Crippen LogP contribution >= 0.6 is 0 Å². The second-order valence-electron chi connectivity index (χ2n) is 8.30. The van der Waals surface area contributed by atoms with Crippen molar-refractivity contribution < 1.29 is 9.32 Å². The topological polar surface area (TPSA) is 46.3 Å². The molecule has 0 radical (unpaired) electrons. The van der Waals surface area contributed by atoms with Gasteiger partial charge in [-0.05, 0) is 49.9 Å². The maximum Gasteiger partial charge on any atom is 0.276 e. The lowest BCUT2D eigenvalue weighted by atomic mass is 9.71. The fourth-order valence-electron chi connectivity index (χ4n) is 4.14. The van der Waals surface area contributed by atoms with Gasteiger partial charge in [-0.2, -0.15) is 0 Å². The Morgan fingerprint density at radius 2 is 2.09 bits per heavy atom. The second-order valence-corrected chi connectivity index (χ2v) is 8.30. The molecule has 4 heteroatoms. The van der Waals surface area contributed by atoms with Crippen molar-refractivity contribution in [1.29, 1.82) is 0 Å². The molecule has 0 aromatic carbocycles. The summed E-state index contributed by atoms with van der Waals surface area (Å²) in [6.45, 7) is 9.89. The number of hydrogen-bond donors (Lipinski definition) is 0. The second kappa shape index (κ2) is 6.29. The molecule has 2 aliphatic rings. The molecule has 1 fully saturated rings. The van der Waals surface area contributed by atoms with Gasteiger partial charge in [0.2, 0.25) is 0 Å². The summed E-state index contributed by atoms with van der Waals surface area (Å²) in [4.78, 5) is 15.1. The highest BCUT2D eigenvalue weighted by Crippen LogP contribution is 2.38. The summed E-state index contributed by atoms with van der Waals surface area (Å²) < 4.78 is 5.53.